The molecule has 1 aliphatic heterocycles. The van der Waals surface area contributed by atoms with Crippen molar-refractivity contribution in [2.45, 2.75) is 70.6 Å². The Morgan fingerprint density at radius 3 is 2.70 bits per heavy atom. The van der Waals surface area contributed by atoms with Crippen LogP contribution < -0.4 is 10.1 Å². The summed E-state index contributed by atoms with van der Waals surface area (Å²) in [6.07, 6.45) is 5.05. The van der Waals surface area contributed by atoms with Crippen LogP contribution in [0.5, 0.6) is 5.75 Å². The van der Waals surface area contributed by atoms with Crippen LogP contribution in [0.2, 0.25) is 0 Å². The van der Waals surface area contributed by atoms with Crippen LogP contribution in [0.3, 0.4) is 0 Å². The second-order valence-electron chi connectivity index (χ2n) is 11.2. The number of carbonyl (C=O) groups excluding carboxylic acids is 2. The zero-order valence-corrected chi connectivity index (χ0v) is 22.0. The van der Waals surface area contributed by atoms with Gasteiger partial charge in [-0.2, -0.15) is 0 Å². The van der Waals surface area contributed by atoms with Gasteiger partial charge < -0.3 is 19.7 Å². The third-order valence-electron chi connectivity index (χ3n) is 7.17. The van der Waals surface area contributed by atoms with Gasteiger partial charge in [0.05, 0.1) is 17.1 Å². The van der Waals surface area contributed by atoms with Crippen molar-refractivity contribution in [1.82, 2.24) is 15.2 Å². The van der Waals surface area contributed by atoms with Crippen molar-refractivity contribution in [2.24, 2.45) is 0 Å². The number of ether oxygens (including phenoxy) is 2. The molecule has 37 heavy (non-hydrogen) atoms. The number of rotatable bonds is 6. The maximum atomic E-state index is 13.5. The average Bonchev–Trinajstić information content (AvgIpc) is 3.47. The van der Waals surface area contributed by atoms with E-state index in [2.05, 4.69) is 22.4 Å². The molecule has 0 radical (unpaired) electrons. The van der Waals surface area contributed by atoms with Gasteiger partial charge >= 0.3 is 6.09 Å². The molecule has 1 N–H and O–H groups in total. The summed E-state index contributed by atoms with van der Waals surface area (Å²) in [5.41, 5.74) is 2.61. The fourth-order valence-corrected chi connectivity index (χ4v) is 5.09. The van der Waals surface area contributed by atoms with Gasteiger partial charge in [-0.3, -0.25) is 9.78 Å². The standard InChI is InChI=1S/C30H35N3O4/c1-20-12-13-22(36-19-21-8-7-17-33(21)28(35)37-29(2,3)4)18-24(20)27(34)32-30(14-15-30)25-10-5-11-26-23(25)9-6-16-31-26/h5-6,9-13,16,18,21H,7-8,14-15,17,19H2,1-4H3,(H,32,34). The van der Waals surface area contributed by atoms with Crippen molar-refractivity contribution in [3.05, 3.63) is 71.4 Å². The van der Waals surface area contributed by atoms with E-state index in [-0.39, 0.29) is 23.6 Å². The minimum absolute atomic E-state index is 0.0527. The molecule has 1 unspecified atom stereocenters. The minimum atomic E-state index is -0.536. The minimum Gasteiger partial charge on any atom is -0.491 e. The van der Waals surface area contributed by atoms with Crippen molar-refractivity contribution in [1.29, 1.82) is 0 Å². The summed E-state index contributed by atoms with van der Waals surface area (Å²) in [6, 6.07) is 15.6. The van der Waals surface area contributed by atoms with E-state index in [1.54, 1.807) is 17.2 Å². The molecule has 2 heterocycles. The third kappa shape index (κ3) is 5.41. The fourth-order valence-electron chi connectivity index (χ4n) is 5.09. The lowest BCUT2D eigenvalue weighted by atomic mass is 9.98. The number of aryl methyl sites for hydroxylation is 1. The molecule has 0 bridgehead atoms. The molecule has 2 amide bonds. The number of likely N-dealkylation sites (tertiary alicyclic amines) is 1. The lowest BCUT2D eigenvalue weighted by molar-refractivity contribution is 0.0187. The average molecular weight is 502 g/mol. The van der Waals surface area contributed by atoms with Gasteiger partial charge in [0.15, 0.2) is 0 Å². The van der Waals surface area contributed by atoms with Crippen molar-refractivity contribution in [3.63, 3.8) is 0 Å². The van der Waals surface area contributed by atoms with Crippen LogP contribution in [0.1, 0.15) is 67.9 Å². The zero-order valence-electron chi connectivity index (χ0n) is 22.0. The van der Waals surface area contributed by atoms with Gasteiger partial charge in [0.2, 0.25) is 0 Å². The van der Waals surface area contributed by atoms with Gasteiger partial charge in [-0.15, -0.1) is 0 Å². The second-order valence-corrected chi connectivity index (χ2v) is 11.2. The Morgan fingerprint density at radius 1 is 1.14 bits per heavy atom. The summed E-state index contributed by atoms with van der Waals surface area (Å²) < 4.78 is 11.7. The van der Waals surface area contributed by atoms with Gasteiger partial charge in [-0.1, -0.05) is 24.3 Å². The molecular formula is C30H35N3O4. The first kappa shape index (κ1) is 25.1. The van der Waals surface area contributed by atoms with Crippen molar-refractivity contribution in [2.75, 3.05) is 13.2 Å². The van der Waals surface area contributed by atoms with Gasteiger partial charge in [0.1, 0.15) is 18.0 Å². The van der Waals surface area contributed by atoms with E-state index >= 15 is 0 Å². The first-order valence-electron chi connectivity index (χ1n) is 13.1. The van der Waals surface area contributed by atoms with Crippen LogP contribution in [0.25, 0.3) is 10.9 Å². The Morgan fingerprint density at radius 2 is 1.95 bits per heavy atom. The van der Waals surface area contributed by atoms with Crippen LogP contribution in [0.15, 0.2) is 54.7 Å². The maximum absolute atomic E-state index is 13.5. The highest BCUT2D eigenvalue weighted by Crippen LogP contribution is 2.48. The Bertz CT molecular complexity index is 1320. The second kappa shape index (κ2) is 9.69. The molecule has 0 spiro atoms. The Hall–Kier alpha value is -3.61. The molecule has 1 saturated heterocycles. The summed E-state index contributed by atoms with van der Waals surface area (Å²) in [7, 11) is 0. The molecular weight excluding hydrogens is 466 g/mol. The van der Waals surface area contributed by atoms with E-state index < -0.39 is 5.60 Å². The Kier molecular flexibility index (Phi) is 6.56. The summed E-state index contributed by atoms with van der Waals surface area (Å²) in [4.78, 5) is 32.3. The highest BCUT2D eigenvalue weighted by atomic mass is 16.6. The van der Waals surface area contributed by atoms with Crippen LogP contribution in [-0.2, 0) is 10.3 Å². The molecule has 7 nitrogen and oxygen atoms in total. The number of nitrogens with zero attached hydrogens (tertiary/aromatic N) is 2. The largest absolute Gasteiger partial charge is 0.491 e. The Labute approximate surface area is 218 Å². The number of benzene rings is 2. The zero-order chi connectivity index (χ0) is 26.2. The highest BCUT2D eigenvalue weighted by Gasteiger charge is 2.47. The number of aromatic nitrogens is 1. The Balaban J connectivity index is 1.28. The van der Waals surface area contributed by atoms with Crippen LogP contribution >= 0.6 is 0 Å². The SMILES string of the molecule is Cc1ccc(OCC2CCCN2C(=O)OC(C)(C)C)cc1C(=O)NC1(c2cccc3ncccc23)CC1. The van der Waals surface area contributed by atoms with Gasteiger partial charge in [0.25, 0.3) is 5.91 Å². The molecule has 1 saturated carbocycles. The lowest BCUT2D eigenvalue weighted by Crippen LogP contribution is -2.42. The highest BCUT2D eigenvalue weighted by molar-refractivity contribution is 5.97. The molecule has 7 heteroatoms. The fraction of sp³-hybridized carbons (Fsp3) is 0.433. The smallest absolute Gasteiger partial charge is 0.410 e. The van der Waals surface area contributed by atoms with Crippen molar-refractivity contribution >= 4 is 22.9 Å². The van der Waals surface area contributed by atoms with E-state index in [1.165, 1.54) is 0 Å². The van der Waals surface area contributed by atoms with Crippen LogP contribution in [0, 0.1) is 6.92 Å². The first-order chi connectivity index (χ1) is 17.7. The molecule has 194 valence electrons. The normalized spacial score (nSPS) is 18.5. The van der Waals surface area contributed by atoms with Crippen molar-refractivity contribution in [3.8, 4) is 5.75 Å². The quantitative estimate of drug-likeness (QED) is 0.466. The van der Waals surface area contributed by atoms with E-state index in [1.807, 2.05) is 58.0 Å². The predicted molar refractivity (Wildman–Crippen MR) is 143 cm³/mol. The van der Waals surface area contributed by atoms with Crippen molar-refractivity contribution < 1.29 is 19.1 Å². The molecule has 5 rings (SSSR count). The molecule has 3 aromatic rings. The number of hydrogen-bond acceptors (Lipinski definition) is 5. The molecule has 1 atom stereocenters. The van der Waals surface area contributed by atoms with Crippen LogP contribution in [-0.4, -0.2) is 46.7 Å². The third-order valence-corrected chi connectivity index (χ3v) is 7.17. The molecule has 2 aliphatic rings. The number of amides is 2. The first-order valence-corrected chi connectivity index (χ1v) is 13.1. The predicted octanol–water partition coefficient (Wildman–Crippen LogP) is 5.74. The van der Waals surface area contributed by atoms with Crippen LogP contribution in [0.4, 0.5) is 4.79 Å². The number of fused-ring (bicyclic) bond motifs is 1. The van der Waals surface area contributed by atoms with Gasteiger partial charge in [-0.25, -0.2) is 4.79 Å². The summed E-state index contributed by atoms with van der Waals surface area (Å²) >= 11 is 0. The summed E-state index contributed by atoms with van der Waals surface area (Å²) in [5.74, 6) is 0.503. The molecule has 1 aromatic heterocycles. The number of nitrogens with one attached hydrogen (secondary N) is 1. The topological polar surface area (TPSA) is 80.8 Å². The summed E-state index contributed by atoms with van der Waals surface area (Å²) in [6.45, 7) is 8.56. The molecule has 2 fully saturated rings. The van der Waals surface area contributed by atoms with E-state index in [0.29, 0.717) is 24.5 Å². The molecule has 2 aromatic carbocycles. The number of hydrogen-bond donors (Lipinski definition) is 1. The van der Waals surface area contributed by atoms with Gasteiger partial charge in [0, 0.05) is 23.7 Å². The van der Waals surface area contributed by atoms with E-state index in [0.717, 1.165) is 47.7 Å². The molecule has 1 aliphatic carbocycles. The number of carbonyl (C=O) groups is 2. The number of pyridine rings is 1. The lowest BCUT2D eigenvalue weighted by Gasteiger charge is -2.28. The van der Waals surface area contributed by atoms with E-state index in [4.69, 9.17) is 9.47 Å². The van der Waals surface area contributed by atoms with Gasteiger partial charge in [-0.05, 0) is 88.8 Å². The summed E-state index contributed by atoms with van der Waals surface area (Å²) in [5, 5.41) is 4.38. The maximum Gasteiger partial charge on any atom is 0.410 e. The van der Waals surface area contributed by atoms with E-state index in [9.17, 15) is 9.59 Å². The monoisotopic (exact) mass is 501 g/mol.